The highest BCUT2D eigenvalue weighted by molar-refractivity contribution is 7.15. The van der Waals surface area contributed by atoms with Crippen molar-refractivity contribution in [3.63, 3.8) is 0 Å². The minimum Gasteiger partial charge on any atom is -0.466 e. The van der Waals surface area contributed by atoms with E-state index in [9.17, 15) is 9.59 Å². The van der Waals surface area contributed by atoms with Crippen LogP contribution < -0.4 is 5.32 Å². The number of carbonyl (C=O) groups excluding carboxylic acids is 2. The fraction of sp³-hybridized carbons (Fsp3) is 0.357. The van der Waals surface area contributed by atoms with Gasteiger partial charge in [0, 0.05) is 11.4 Å². The van der Waals surface area contributed by atoms with Crippen molar-refractivity contribution in [3.8, 4) is 10.8 Å². The molecule has 0 spiro atoms. The minimum atomic E-state index is -0.330. The van der Waals surface area contributed by atoms with Gasteiger partial charge >= 0.3 is 5.97 Å². The molecule has 6 nitrogen and oxygen atoms in total. The normalized spacial score (nSPS) is 10.4. The highest BCUT2D eigenvalue weighted by atomic mass is 32.1. The first-order valence-corrected chi connectivity index (χ1v) is 7.38. The third kappa shape index (κ3) is 3.91. The van der Waals surface area contributed by atoms with Gasteiger partial charge in [-0.2, -0.15) is 0 Å². The van der Waals surface area contributed by atoms with Crippen LogP contribution in [-0.4, -0.2) is 30.0 Å². The van der Waals surface area contributed by atoms with Crippen molar-refractivity contribution in [2.75, 3.05) is 13.2 Å². The third-order valence-corrected chi connectivity index (χ3v) is 3.65. The maximum Gasteiger partial charge on any atom is 0.307 e. The van der Waals surface area contributed by atoms with Gasteiger partial charge in [-0.3, -0.25) is 9.59 Å². The Balaban J connectivity index is 1.95. The Morgan fingerprint density at radius 3 is 2.95 bits per heavy atom. The molecule has 0 atom stereocenters. The summed E-state index contributed by atoms with van der Waals surface area (Å²) in [6.07, 6.45) is 1.71. The van der Waals surface area contributed by atoms with Crippen LogP contribution in [-0.2, 0) is 9.53 Å². The van der Waals surface area contributed by atoms with Crippen LogP contribution in [0.3, 0.4) is 0 Å². The van der Waals surface area contributed by atoms with E-state index in [0.717, 1.165) is 4.88 Å². The summed E-state index contributed by atoms with van der Waals surface area (Å²) >= 11 is 1.39. The number of hydrogen-bond donors (Lipinski definition) is 1. The molecule has 0 saturated carbocycles. The van der Waals surface area contributed by atoms with Gasteiger partial charge in [-0.25, -0.2) is 4.98 Å². The van der Waals surface area contributed by atoms with E-state index in [4.69, 9.17) is 9.15 Å². The van der Waals surface area contributed by atoms with Crippen molar-refractivity contribution in [1.29, 1.82) is 0 Å². The molecule has 0 unspecified atom stereocenters. The number of carbonyl (C=O) groups is 2. The van der Waals surface area contributed by atoms with E-state index in [1.807, 2.05) is 6.92 Å². The van der Waals surface area contributed by atoms with Gasteiger partial charge in [0.1, 0.15) is 5.69 Å². The summed E-state index contributed by atoms with van der Waals surface area (Å²) in [6, 6.07) is 3.56. The molecule has 2 rings (SSSR count). The van der Waals surface area contributed by atoms with Gasteiger partial charge in [0.2, 0.25) is 0 Å². The van der Waals surface area contributed by atoms with Gasteiger partial charge in [-0.05, 0) is 26.0 Å². The second-order valence-corrected chi connectivity index (χ2v) is 5.42. The molecule has 2 heterocycles. The molecule has 1 amide bonds. The number of rotatable bonds is 6. The number of thiazole rings is 1. The van der Waals surface area contributed by atoms with Gasteiger partial charge < -0.3 is 14.5 Å². The number of ether oxygens (including phenoxy) is 1. The van der Waals surface area contributed by atoms with Gasteiger partial charge in [0.15, 0.2) is 10.8 Å². The van der Waals surface area contributed by atoms with E-state index < -0.39 is 0 Å². The average Bonchev–Trinajstić information content (AvgIpc) is 3.07. The first-order chi connectivity index (χ1) is 10.1. The maximum atomic E-state index is 12.0. The van der Waals surface area contributed by atoms with Gasteiger partial charge in [0.05, 0.1) is 19.3 Å². The molecular weight excluding hydrogens is 292 g/mol. The molecule has 112 valence electrons. The average molecular weight is 308 g/mol. The van der Waals surface area contributed by atoms with E-state index >= 15 is 0 Å². The predicted octanol–water partition coefficient (Wildman–Crippen LogP) is 2.39. The van der Waals surface area contributed by atoms with Crippen LogP contribution in [0.15, 0.2) is 22.8 Å². The van der Waals surface area contributed by atoms with Crippen LogP contribution in [0, 0.1) is 6.92 Å². The molecule has 0 aliphatic rings. The van der Waals surface area contributed by atoms with E-state index in [0.29, 0.717) is 23.1 Å². The summed E-state index contributed by atoms with van der Waals surface area (Å²) in [4.78, 5) is 28.3. The molecule has 7 heteroatoms. The quantitative estimate of drug-likeness (QED) is 0.829. The van der Waals surface area contributed by atoms with Crippen LogP contribution in [0.2, 0.25) is 0 Å². The number of esters is 1. The Kier molecular flexibility index (Phi) is 5.10. The van der Waals surface area contributed by atoms with Crippen molar-refractivity contribution >= 4 is 23.2 Å². The number of aromatic nitrogens is 1. The smallest absolute Gasteiger partial charge is 0.307 e. The Labute approximate surface area is 126 Å². The molecular formula is C14H16N2O4S. The van der Waals surface area contributed by atoms with E-state index in [2.05, 4.69) is 10.3 Å². The molecule has 0 aromatic carbocycles. The van der Waals surface area contributed by atoms with Crippen LogP contribution in [0.4, 0.5) is 0 Å². The summed E-state index contributed by atoms with van der Waals surface area (Å²) < 4.78 is 10.1. The maximum absolute atomic E-state index is 12.0. The second kappa shape index (κ2) is 7.03. The molecule has 2 aromatic heterocycles. The summed E-state index contributed by atoms with van der Waals surface area (Å²) in [5.74, 6) is 0.00334. The zero-order chi connectivity index (χ0) is 15.2. The lowest BCUT2D eigenvalue weighted by Crippen LogP contribution is -2.27. The van der Waals surface area contributed by atoms with Crippen LogP contribution in [0.25, 0.3) is 10.8 Å². The number of hydrogen-bond acceptors (Lipinski definition) is 6. The Hall–Kier alpha value is -2.15. The molecule has 2 aromatic rings. The molecule has 1 N–H and O–H groups in total. The van der Waals surface area contributed by atoms with Crippen molar-refractivity contribution in [3.05, 3.63) is 29.0 Å². The molecule has 0 bridgehead atoms. The molecule has 0 aliphatic heterocycles. The first kappa shape index (κ1) is 15.2. The van der Waals surface area contributed by atoms with Gasteiger partial charge in [-0.1, -0.05) is 0 Å². The molecule has 21 heavy (non-hydrogen) atoms. The lowest BCUT2D eigenvalue weighted by Gasteiger charge is -2.03. The molecule has 0 saturated heterocycles. The number of nitrogens with zero attached hydrogens (tertiary/aromatic N) is 1. The number of amides is 1. The monoisotopic (exact) mass is 308 g/mol. The Morgan fingerprint density at radius 1 is 1.48 bits per heavy atom. The highest BCUT2D eigenvalue weighted by Gasteiger charge is 2.17. The summed E-state index contributed by atoms with van der Waals surface area (Å²) in [6.45, 7) is 4.13. The summed E-state index contributed by atoms with van der Waals surface area (Å²) in [5.41, 5.74) is 0.357. The minimum absolute atomic E-state index is 0.147. The lowest BCUT2D eigenvalue weighted by atomic mass is 10.3. The van der Waals surface area contributed by atoms with E-state index in [-0.39, 0.29) is 24.8 Å². The largest absolute Gasteiger partial charge is 0.466 e. The van der Waals surface area contributed by atoms with Crippen molar-refractivity contribution in [2.24, 2.45) is 0 Å². The standard InChI is InChI=1S/C14H16N2O4S/c1-3-19-11(17)6-7-15-13(18)12-9(2)21-14(16-12)10-5-4-8-20-10/h4-5,8H,3,6-7H2,1-2H3,(H,15,18). The van der Waals surface area contributed by atoms with E-state index in [1.165, 1.54) is 11.3 Å². The zero-order valence-corrected chi connectivity index (χ0v) is 12.7. The first-order valence-electron chi connectivity index (χ1n) is 6.57. The SMILES string of the molecule is CCOC(=O)CCNC(=O)c1nc(-c2ccco2)sc1C. The molecule has 0 fully saturated rings. The van der Waals surface area contributed by atoms with Crippen molar-refractivity contribution in [2.45, 2.75) is 20.3 Å². The van der Waals surface area contributed by atoms with Gasteiger partial charge in [0.25, 0.3) is 5.91 Å². The second-order valence-electron chi connectivity index (χ2n) is 4.21. The number of aryl methyl sites for hydroxylation is 1. The lowest BCUT2D eigenvalue weighted by molar-refractivity contribution is -0.142. The fourth-order valence-corrected chi connectivity index (χ4v) is 2.59. The summed E-state index contributed by atoms with van der Waals surface area (Å²) in [7, 11) is 0. The van der Waals surface area contributed by atoms with Gasteiger partial charge in [-0.15, -0.1) is 11.3 Å². The molecule has 0 aliphatic carbocycles. The van der Waals surface area contributed by atoms with Crippen LogP contribution in [0.1, 0.15) is 28.7 Å². The van der Waals surface area contributed by atoms with E-state index in [1.54, 1.807) is 25.3 Å². The zero-order valence-electron chi connectivity index (χ0n) is 11.8. The van der Waals surface area contributed by atoms with Crippen molar-refractivity contribution < 1.29 is 18.7 Å². The molecule has 0 radical (unpaired) electrons. The number of nitrogens with one attached hydrogen (secondary N) is 1. The van der Waals surface area contributed by atoms with Crippen LogP contribution in [0.5, 0.6) is 0 Å². The third-order valence-electron chi connectivity index (χ3n) is 2.66. The van der Waals surface area contributed by atoms with Crippen molar-refractivity contribution in [1.82, 2.24) is 10.3 Å². The number of furan rings is 1. The summed E-state index contributed by atoms with van der Waals surface area (Å²) in [5, 5.41) is 3.32. The van der Waals surface area contributed by atoms with Crippen LogP contribution >= 0.6 is 11.3 Å². The highest BCUT2D eigenvalue weighted by Crippen LogP contribution is 2.27. The fourth-order valence-electron chi connectivity index (χ4n) is 1.71. The topological polar surface area (TPSA) is 81.4 Å². The Bertz CT molecular complexity index is 619. The Morgan fingerprint density at radius 2 is 2.29 bits per heavy atom. The predicted molar refractivity (Wildman–Crippen MR) is 78.1 cm³/mol.